The van der Waals surface area contributed by atoms with Gasteiger partial charge in [0.15, 0.2) is 0 Å². The highest BCUT2D eigenvalue weighted by atomic mass is 15.3. The summed E-state index contributed by atoms with van der Waals surface area (Å²) in [5, 5.41) is 0. The van der Waals surface area contributed by atoms with Crippen molar-refractivity contribution >= 4 is 5.69 Å². The molecule has 3 nitrogen and oxygen atoms in total. The van der Waals surface area contributed by atoms with Gasteiger partial charge < -0.3 is 4.90 Å². The van der Waals surface area contributed by atoms with Gasteiger partial charge in [-0.3, -0.25) is 9.88 Å². The quantitative estimate of drug-likeness (QED) is 0.719. The fraction of sp³-hybridized carbons (Fsp3) is 0.227. The number of anilines is 1. The van der Waals surface area contributed by atoms with Gasteiger partial charge in [-0.1, -0.05) is 48.5 Å². The van der Waals surface area contributed by atoms with Crippen molar-refractivity contribution in [2.45, 2.75) is 6.54 Å². The number of aromatic nitrogens is 1. The van der Waals surface area contributed by atoms with Crippen LogP contribution in [0.3, 0.4) is 0 Å². The van der Waals surface area contributed by atoms with E-state index in [9.17, 15) is 0 Å². The number of pyridine rings is 1. The van der Waals surface area contributed by atoms with Crippen LogP contribution in [-0.4, -0.2) is 36.1 Å². The van der Waals surface area contributed by atoms with Crippen molar-refractivity contribution in [3.63, 3.8) is 0 Å². The molecule has 2 heterocycles. The third-order valence-corrected chi connectivity index (χ3v) is 4.80. The Hall–Kier alpha value is -2.65. The maximum atomic E-state index is 4.45. The highest BCUT2D eigenvalue weighted by Crippen LogP contribution is 2.21. The normalized spacial score (nSPS) is 15.3. The fourth-order valence-electron chi connectivity index (χ4n) is 3.42. The van der Waals surface area contributed by atoms with Crippen molar-refractivity contribution in [1.82, 2.24) is 9.88 Å². The molecule has 0 amide bonds. The van der Waals surface area contributed by atoms with E-state index < -0.39 is 0 Å². The van der Waals surface area contributed by atoms with Gasteiger partial charge in [0.2, 0.25) is 0 Å². The zero-order valence-corrected chi connectivity index (χ0v) is 14.4. The SMILES string of the molecule is c1ccc(-c2cncc(CN3CCN(c4ccccc4)CC3)c2)cc1. The third kappa shape index (κ3) is 3.89. The standard InChI is InChI=1S/C22H23N3/c1-3-7-20(8-4-1)21-15-19(16-23-17-21)18-24-11-13-25(14-12-24)22-9-5-2-6-10-22/h1-10,15-17H,11-14,18H2. The predicted molar refractivity (Wildman–Crippen MR) is 104 cm³/mol. The van der Waals surface area contributed by atoms with Crippen LogP contribution in [0.2, 0.25) is 0 Å². The molecular weight excluding hydrogens is 306 g/mol. The molecule has 1 aliphatic heterocycles. The molecule has 0 aliphatic carbocycles. The smallest absolute Gasteiger partial charge is 0.0367 e. The van der Waals surface area contributed by atoms with Crippen LogP contribution in [0.25, 0.3) is 11.1 Å². The Labute approximate surface area is 149 Å². The number of rotatable bonds is 4. The molecular formula is C22H23N3. The van der Waals surface area contributed by atoms with Crippen LogP contribution in [0.5, 0.6) is 0 Å². The Morgan fingerprint density at radius 2 is 1.40 bits per heavy atom. The molecule has 1 aliphatic rings. The van der Waals surface area contributed by atoms with Crippen LogP contribution in [0, 0.1) is 0 Å². The molecule has 126 valence electrons. The second-order valence-corrected chi connectivity index (χ2v) is 6.55. The van der Waals surface area contributed by atoms with Gasteiger partial charge in [-0.15, -0.1) is 0 Å². The second-order valence-electron chi connectivity index (χ2n) is 6.55. The molecule has 25 heavy (non-hydrogen) atoms. The van der Waals surface area contributed by atoms with Crippen molar-refractivity contribution in [3.05, 3.63) is 84.7 Å². The lowest BCUT2D eigenvalue weighted by atomic mass is 10.1. The average molecular weight is 329 g/mol. The van der Waals surface area contributed by atoms with Crippen molar-refractivity contribution < 1.29 is 0 Å². The molecule has 3 aromatic rings. The first-order valence-electron chi connectivity index (χ1n) is 8.90. The largest absolute Gasteiger partial charge is 0.369 e. The molecule has 4 rings (SSSR count). The number of nitrogens with zero attached hydrogens (tertiary/aromatic N) is 3. The fourth-order valence-corrected chi connectivity index (χ4v) is 3.42. The molecule has 0 N–H and O–H groups in total. The molecule has 0 saturated carbocycles. The molecule has 0 atom stereocenters. The molecule has 3 heteroatoms. The molecule has 0 bridgehead atoms. The number of benzene rings is 2. The molecule has 1 aromatic heterocycles. The summed E-state index contributed by atoms with van der Waals surface area (Å²) >= 11 is 0. The predicted octanol–water partition coefficient (Wildman–Crippen LogP) is 4.07. The molecule has 1 saturated heterocycles. The number of para-hydroxylation sites is 1. The molecule has 1 fully saturated rings. The maximum Gasteiger partial charge on any atom is 0.0367 e. The van der Waals surface area contributed by atoms with E-state index in [1.807, 2.05) is 18.5 Å². The minimum Gasteiger partial charge on any atom is -0.369 e. The van der Waals surface area contributed by atoms with Gasteiger partial charge in [-0.25, -0.2) is 0 Å². The van der Waals surface area contributed by atoms with Crippen LogP contribution in [-0.2, 0) is 6.54 Å². The monoisotopic (exact) mass is 329 g/mol. The van der Waals surface area contributed by atoms with Crippen molar-refractivity contribution in [2.75, 3.05) is 31.1 Å². The lowest BCUT2D eigenvalue weighted by Crippen LogP contribution is -2.45. The summed E-state index contributed by atoms with van der Waals surface area (Å²) in [7, 11) is 0. The summed E-state index contributed by atoms with van der Waals surface area (Å²) in [6.07, 6.45) is 3.95. The molecule has 2 aromatic carbocycles. The summed E-state index contributed by atoms with van der Waals surface area (Å²) in [4.78, 5) is 9.44. The van der Waals surface area contributed by atoms with Gasteiger partial charge in [-0.05, 0) is 29.3 Å². The van der Waals surface area contributed by atoms with Gasteiger partial charge in [-0.2, -0.15) is 0 Å². The van der Waals surface area contributed by atoms with E-state index in [-0.39, 0.29) is 0 Å². The minimum atomic E-state index is 0.969. The van der Waals surface area contributed by atoms with Crippen molar-refractivity contribution in [1.29, 1.82) is 0 Å². The highest BCUT2D eigenvalue weighted by Gasteiger charge is 2.17. The first kappa shape index (κ1) is 15.9. The van der Waals surface area contributed by atoms with Crippen LogP contribution >= 0.6 is 0 Å². The summed E-state index contributed by atoms with van der Waals surface area (Å²) in [5.41, 5.74) is 5.04. The van der Waals surface area contributed by atoms with E-state index in [1.165, 1.54) is 22.4 Å². The topological polar surface area (TPSA) is 19.4 Å². The molecule has 0 spiro atoms. The van der Waals surface area contributed by atoms with Gasteiger partial charge >= 0.3 is 0 Å². The van der Waals surface area contributed by atoms with Crippen LogP contribution in [0.1, 0.15) is 5.56 Å². The Kier molecular flexibility index (Phi) is 4.75. The summed E-state index contributed by atoms with van der Waals surface area (Å²) in [6, 6.07) is 23.4. The Morgan fingerprint density at radius 1 is 0.720 bits per heavy atom. The van der Waals surface area contributed by atoms with E-state index in [0.717, 1.165) is 32.7 Å². The van der Waals surface area contributed by atoms with E-state index >= 15 is 0 Å². The summed E-state index contributed by atoms with van der Waals surface area (Å²) < 4.78 is 0. The Bertz CT molecular complexity index is 794. The van der Waals surface area contributed by atoms with Crippen LogP contribution < -0.4 is 4.90 Å². The first-order valence-corrected chi connectivity index (χ1v) is 8.90. The Balaban J connectivity index is 1.39. The Morgan fingerprint density at radius 3 is 2.12 bits per heavy atom. The minimum absolute atomic E-state index is 0.969. The third-order valence-electron chi connectivity index (χ3n) is 4.80. The van der Waals surface area contributed by atoms with Gasteiger partial charge in [0, 0.05) is 56.4 Å². The van der Waals surface area contributed by atoms with Crippen LogP contribution in [0.4, 0.5) is 5.69 Å². The highest BCUT2D eigenvalue weighted by molar-refractivity contribution is 5.62. The van der Waals surface area contributed by atoms with Gasteiger partial charge in [0.1, 0.15) is 0 Å². The van der Waals surface area contributed by atoms with E-state index in [2.05, 4.69) is 75.4 Å². The number of hydrogen-bond donors (Lipinski definition) is 0. The second kappa shape index (κ2) is 7.49. The van der Waals surface area contributed by atoms with E-state index in [4.69, 9.17) is 0 Å². The van der Waals surface area contributed by atoms with E-state index in [1.54, 1.807) is 0 Å². The zero-order chi connectivity index (χ0) is 16.9. The summed E-state index contributed by atoms with van der Waals surface area (Å²) in [6.45, 7) is 5.30. The maximum absolute atomic E-state index is 4.45. The number of piperazine rings is 1. The average Bonchev–Trinajstić information content (AvgIpc) is 2.70. The summed E-state index contributed by atoms with van der Waals surface area (Å²) in [5.74, 6) is 0. The van der Waals surface area contributed by atoms with Gasteiger partial charge in [0.25, 0.3) is 0 Å². The zero-order valence-electron chi connectivity index (χ0n) is 14.4. The lowest BCUT2D eigenvalue weighted by Gasteiger charge is -2.36. The molecule has 0 radical (unpaired) electrons. The molecule has 0 unspecified atom stereocenters. The van der Waals surface area contributed by atoms with Crippen LogP contribution in [0.15, 0.2) is 79.1 Å². The first-order chi connectivity index (χ1) is 12.4. The van der Waals surface area contributed by atoms with E-state index in [0.29, 0.717) is 0 Å². The van der Waals surface area contributed by atoms with Gasteiger partial charge in [0.05, 0.1) is 0 Å². The van der Waals surface area contributed by atoms with Crippen molar-refractivity contribution in [3.8, 4) is 11.1 Å². The van der Waals surface area contributed by atoms with Crippen molar-refractivity contribution in [2.24, 2.45) is 0 Å². The lowest BCUT2D eigenvalue weighted by molar-refractivity contribution is 0.249. The number of hydrogen-bond acceptors (Lipinski definition) is 3.